The van der Waals surface area contributed by atoms with E-state index in [4.69, 9.17) is 35.2 Å². The van der Waals surface area contributed by atoms with Crippen LogP contribution in [0, 0.1) is 0 Å². The van der Waals surface area contributed by atoms with Crippen molar-refractivity contribution < 1.29 is 51.2 Å². The summed E-state index contributed by atoms with van der Waals surface area (Å²) in [7, 11) is 1.31. The van der Waals surface area contributed by atoms with Crippen molar-refractivity contribution in [1.82, 2.24) is 0 Å². The number of esters is 3. The van der Waals surface area contributed by atoms with E-state index in [0.717, 1.165) is 57.8 Å². The Morgan fingerprint density at radius 2 is 1.25 bits per heavy atom. The van der Waals surface area contributed by atoms with Gasteiger partial charge in [0.05, 0.1) is 44.5 Å². The fourth-order valence-electron chi connectivity index (χ4n) is 4.87. The second-order valence-corrected chi connectivity index (χ2v) is 11.7. The maximum atomic E-state index is 12.6. The minimum Gasteiger partial charge on any atom is -0.493 e. The van der Waals surface area contributed by atoms with Gasteiger partial charge in [0.15, 0.2) is 11.5 Å². The van der Waals surface area contributed by atoms with E-state index in [-0.39, 0.29) is 22.8 Å². The van der Waals surface area contributed by atoms with Crippen LogP contribution in [0.2, 0.25) is 0 Å². The molecule has 0 unspecified atom stereocenters. The molecular weight excluding hydrogens is 669 g/mol. The molecule has 0 saturated carbocycles. The fraction of sp³-hybridized carbons (Fsp3) is 0.395. The van der Waals surface area contributed by atoms with E-state index in [1.165, 1.54) is 31.4 Å². The molecule has 0 spiro atoms. The van der Waals surface area contributed by atoms with Crippen molar-refractivity contribution in [2.24, 2.45) is 0 Å². The van der Waals surface area contributed by atoms with Gasteiger partial charge in [-0.05, 0) is 73.0 Å². The molecular formula is C38H45F3N2O8. The number of hydrogen-bond acceptors (Lipinski definition) is 10. The predicted octanol–water partition coefficient (Wildman–Crippen LogP) is 8.33. The monoisotopic (exact) mass is 714 g/mol. The number of anilines is 2. The van der Waals surface area contributed by atoms with Gasteiger partial charge in [-0.25, -0.2) is 14.4 Å². The summed E-state index contributed by atoms with van der Waals surface area (Å²) in [6, 6.07) is 15.2. The van der Waals surface area contributed by atoms with E-state index < -0.39 is 37.1 Å². The molecule has 13 heteroatoms. The number of carbonyl (C=O) groups is 3. The molecule has 0 radical (unpaired) electrons. The van der Waals surface area contributed by atoms with Gasteiger partial charge in [-0.15, -0.1) is 0 Å². The number of unbranched alkanes of at least 4 members (excludes halogenated alkanes) is 8. The minimum absolute atomic E-state index is 0.0743. The van der Waals surface area contributed by atoms with Crippen LogP contribution in [-0.4, -0.2) is 51.0 Å². The molecule has 0 atom stereocenters. The lowest BCUT2D eigenvalue weighted by Gasteiger charge is -2.13. The SMILES string of the molecule is COc1cc(C(=O)Oc2ccc(/C=C/C(=O)OCCCCCCCCCCCOC(=O)c3cc(N)cc(N)c3)cc2)ccc1OCCC(F)(F)F. The summed E-state index contributed by atoms with van der Waals surface area (Å²) in [6.07, 6.45) is 6.46. The molecule has 0 amide bonds. The summed E-state index contributed by atoms with van der Waals surface area (Å²) in [6.45, 7) is 0.117. The quantitative estimate of drug-likeness (QED) is 0.0363. The van der Waals surface area contributed by atoms with Gasteiger partial charge in [0, 0.05) is 17.5 Å². The number of methoxy groups -OCH3 is 1. The van der Waals surface area contributed by atoms with Crippen molar-refractivity contribution in [1.29, 1.82) is 0 Å². The maximum absolute atomic E-state index is 12.6. The average Bonchev–Trinajstić information content (AvgIpc) is 3.09. The first-order valence-electron chi connectivity index (χ1n) is 16.8. The lowest BCUT2D eigenvalue weighted by molar-refractivity contribution is -0.140. The first-order valence-corrected chi connectivity index (χ1v) is 16.8. The van der Waals surface area contributed by atoms with Crippen LogP contribution in [-0.2, 0) is 14.3 Å². The number of nitrogen functional groups attached to an aromatic ring is 2. The molecule has 0 heterocycles. The lowest BCUT2D eigenvalue weighted by atomic mass is 10.1. The first-order chi connectivity index (χ1) is 24.4. The lowest BCUT2D eigenvalue weighted by Crippen LogP contribution is -2.13. The van der Waals surface area contributed by atoms with Gasteiger partial charge in [-0.3, -0.25) is 0 Å². The molecule has 10 nitrogen and oxygen atoms in total. The Balaban J connectivity index is 1.22. The highest BCUT2D eigenvalue weighted by Crippen LogP contribution is 2.30. The largest absolute Gasteiger partial charge is 0.493 e. The van der Waals surface area contributed by atoms with E-state index in [1.807, 2.05) is 0 Å². The Morgan fingerprint density at radius 1 is 0.667 bits per heavy atom. The molecule has 3 aromatic carbocycles. The third-order valence-electron chi connectivity index (χ3n) is 7.52. The van der Waals surface area contributed by atoms with E-state index >= 15 is 0 Å². The summed E-state index contributed by atoms with van der Waals surface area (Å²) in [5, 5.41) is 0. The summed E-state index contributed by atoms with van der Waals surface area (Å²) in [5.74, 6) is -1.14. The predicted molar refractivity (Wildman–Crippen MR) is 188 cm³/mol. The number of alkyl halides is 3. The van der Waals surface area contributed by atoms with Crippen molar-refractivity contribution in [3.05, 3.63) is 83.4 Å². The molecule has 0 aliphatic carbocycles. The number of ether oxygens (including phenoxy) is 5. The number of halogens is 3. The molecule has 0 aromatic heterocycles. The zero-order valence-electron chi connectivity index (χ0n) is 28.7. The molecule has 276 valence electrons. The Labute approximate surface area is 295 Å². The zero-order valence-corrected chi connectivity index (χ0v) is 28.7. The third-order valence-corrected chi connectivity index (χ3v) is 7.52. The van der Waals surface area contributed by atoms with Crippen LogP contribution in [0.3, 0.4) is 0 Å². The minimum atomic E-state index is -4.35. The molecule has 3 rings (SSSR count). The van der Waals surface area contributed by atoms with Crippen LogP contribution in [0.4, 0.5) is 24.5 Å². The van der Waals surface area contributed by atoms with Crippen molar-refractivity contribution in [3.63, 3.8) is 0 Å². The molecule has 0 aliphatic heterocycles. The van der Waals surface area contributed by atoms with Crippen LogP contribution < -0.4 is 25.7 Å². The van der Waals surface area contributed by atoms with E-state index in [9.17, 15) is 27.6 Å². The number of benzene rings is 3. The number of carbonyl (C=O) groups excluding carboxylic acids is 3. The van der Waals surface area contributed by atoms with Crippen molar-refractivity contribution in [3.8, 4) is 17.2 Å². The Kier molecular flexibility index (Phi) is 16.7. The Hall–Kier alpha value is -5.20. The molecule has 4 N–H and O–H groups in total. The first kappa shape index (κ1) is 40.2. The molecule has 51 heavy (non-hydrogen) atoms. The number of hydrogen-bond donors (Lipinski definition) is 2. The molecule has 0 saturated heterocycles. The van der Waals surface area contributed by atoms with Gasteiger partial charge in [0.2, 0.25) is 0 Å². The molecule has 0 fully saturated rings. The van der Waals surface area contributed by atoms with E-state index in [1.54, 1.807) is 48.5 Å². The molecule has 0 bridgehead atoms. The van der Waals surface area contributed by atoms with Crippen molar-refractivity contribution in [2.45, 2.75) is 70.4 Å². The van der Waals surface area contributed by atoms with E-state index in [2.05, 4.69) is 0 Å². The highest BCUT2D eigenvalue weighted by atomic mass is 19.4. The summed E-state index contributed by atoms with van der Waals surface area (Å²) in [5.41, 5.74) is 13.5. The number of nitrogens with two attached hydrogens (primary N) is 2. The number of rotatable bonds is 21. The van der Waals surface area contributed by atoms with Gasteiger partial charge in [0.25, 0.3) is 0 Å². The van der Waals surface area contributed by atoms with Gasteiger partial charge in [0.1, 0.15) is 5.75 Å². The molecule has 0 aliphatic rings. The normalized spacial score (nSPS) is 11.3. The fourth-order valence-corrected chi connectivity index (χ4v) is 4.87. The second kappa shape index (κ2) is 21.1. The average molecular weight is 715 g/mol. The Bertz CT molecular complexity index is 1570. The van der Waals surface area contributed by atoms with Crippen LogP contribution >= 0.6 is 0 Å². The van der Waals surface area contributed by atoms with Crippen LogP contribution in [0.25, 0.3) is 6.08 Å². The topological polar surface area (TPSA) is 149 Å². The standard InChI is InChI=1S/C38H45F3N2O8/c1-47-34-25-28(14-17-33(34)48-22-19-38(39,40)41)37(46)51-32-15-11-27(12-16-32)13-18-35(44)49-20-9-7-5-3-2-4-6-8-10-21-50-36(45)29-23-30(42)26-31(43)24-29/h11-18,23-26H,2-10,19-22,42-43H2,1H3/b18-13+. The highest BCUT2D eigenvalue weighted by Gasteiger charge is 2.27. The smallest absolute Gasteiger partial charge is 0.392 e. The van der Waals surface area contributed by atoms with Gasteiger partial charge in [-0.2, -0.15) is 13.2 Å². The summed E-state index contributed by atoms with van der Waals surface area (Å²) < 4.78 is 63.4. The third kappa shape index (κ3) is 15.9. The second-order valence-electron chi connectivity index (χ2n) is 11.7. The Morgan fingerprint density at radius 3 is 1.84 bits per heavy atom. The van der Waals surface area contributed by atoms with Gasteiger partial charge < -0.3 is 35.2 Å². The van der Waals surface area contributed by atoms with Crippen LogP contribution in [0.1, 0.15) is 90.5 Å². The van der Waals surface area contributed by atoms with Gasteiger partial charge in [-0.1, -0.05) is 57.1 Å². The van der Waals surface area contributed by atoms with Gasteiger partial charge >= 0.3 is 24.1 Å². The van der Waals surface area contributed by atoms with Crippen LogP contribution in [0.15, 0.2) is 66.7 Å². The summed E-state index contributed by atoms with van der Waals surface area (Å²) in [4.78, 5) is 36.8. The van der Waals surface area contributed by atoms with Crippen molar-refractivity contribution >= 4 is 35.4 Å². The maximum Gasteiger partial charge on any atom is 0.392 e. The highest BCUT2D eigenvalue weighted by molar-refractivity contribution is 5.92. The van der Waals surface area contributed by atoms with E-state index in [0.29, 0.717) is 35.7 Å². The summed E-state index contributed by atoms with van der Waals surface area (Å²) >= 11 is 0. The zero-order chi connectivity index (χ0) is 37.1. The van der Waals surface area contributed by atoms with Crippen molar-refractivity contribution in [2.75, 3.05) is 38.4 Å². The van der Waals surface area contributed by atoms with Crippen LogP contribution in [0.5, 0.6) is 17.2 Å². The molecule has 3 aromatic rings.